The summed E-state index contributed by atoms with van der Waals surface area (Å²) in [5, 5.41) is 0. The second-order valence-corrected chi connectivity index (χ2v) is 0.907. The molecular formula is C2H8O2Si. The quantitative estimate of drug-likeness (QED) is 0.253. The van der Waals surface area contributed by atoms with Gasteiger partial charge in [0.2, 0.25) is 0 Å². The maximum atomic E-state index is 4.40. The van der Waals surface area contributed by atoms with Crippen molar-refractivity contribution < 1.29 is 9.46 Å². The summed E-state index contributed by atoms with van der Waals surface area (Å²) in [5.74, 6) is 0. The molecule has 0 aromatic carbocycles. The van der Waals surface area contributed by atoms with Gasteiger partial charge < -0.3 is 0 Å². The van der Waals surface area contributed by atoms with Crippen molar-refractivity contribution in [2.24, 2.45) is 0 Å². The van der Waals surface area contributed by atoms with Crippen LogP contribution in [0.25, 0.3) is 0 Å². The highest BCUT2D eigenvalue weighted by Gasteiger charge is 1.63. The summed E-state index contributed by atoms with van der Waals surface area (Å²) in [6.45, 7) is 2.54. The lowest BCUT2D eigenvalue weighted by atomic mass is 10.9. The first-order valence-corrected chi connectivity index (χ1v) is 2.39. The van der Waals surface area contributed by atoms with Gasteiger partial charge in [0.1, 0.15) is 0 Å². The van der Waals surface area contributed by atoms with Crippen molar-refractivity contribution >= 4 is 10.5 Å². The fourth-order valence-corrected chi connectivity index (χ4v) is 0.354. The maximum absolute atomic E-state index is 4.40. The average Bonchev–Trinajstić information content (AvgIpc) is 1.41. The Balaban J connectivity index is 2.19. The van der Waals surface area contributed by atoms with Crippen LogP contribution in [-0.4, -0.2) is 17.1 Å². The Morgan fingerprint density at radius 1 is 1.80 bits per heavy atom. The number of rotatable bonds is 2. The lowest BCUT2D eigenvalue weighted by Gasteiger charge is -1.87. The van der Waals surface area contributed by atoms with Gasteiger partial charge in [0.25, 0.3) is 0 Å². The molecule has 0 amide bonds. The van der Waals surface area contributed by atoms with Crippen molar-refractivity contribution in [2.75, 3.05) is 6.61 Å². The van der Waals surface area contributed by atoms with Gasteiger partial charge in [0, 0.05) is 0 Å². The van der Waals surface area contributed by atoms with Crippen molar-refractivity contribution in [1.82, 2.24) is 0 Å². The summed E-state index contributed by atoms with van der Waals surface area (Å²) in [5.41, 5.74) is 0. The van der Waals surface area contributed by atoms with Gasteiger partial charge in [-0.1, -0.05) is 0 Å². The average molecular weight is 92.2 g/mol. The molecule has 32 valence electrons. The first-order chi connectivity index (χ1) is 2.41. The summed E-state index contributed by atoms with van der Waals surface area (Å²) >= 11 is 0. The lowest BCUT2D eigenvalue weighted by molar-refractivity contribution is -0.198. The Kier molecular flexibility index (Phi) is 4.25. The van der Waals surface area contributed by atoms with E-state index >= 15 is 0 Å². The van der Waals surface area contributed by atoms with Crippen LogP contribution in [0.5, 0.6) is 0 Å². The van der Waals surface area contributed by atoms with Crippen LogP contribution in [0, 0.1) is 0 Å². The molecule has 0 aromatic rings. The molecule has 0 aliphatic carbocycles. The first-order valence-electron chi connectivity index (χ1n) is 1.57. The van der Waals surface area contributed by atoms with Crippen molar-refractivity contribution in [3.63, 3.8) is 0 Å². The SMILES string of the molecule is CCOO[SiH3]. The van der Waals surface area contributed by atoms with E-state index in [-0.39, 0.29) is 0 Å². The molecule has 5 heavy (non-hydrogen) atoms. The summed E-state index contributed by atoms with van der Waals surface area (Å²) in [6.07, 6.45) is 0. The van der Waals surface area contributed by atoms with E-state index < -0.39 is 0 Å². The lowest BCUT2D eigenvalue weighted by Crippen LogP contribution is -1.85. The number of hydrogen-bond donors (Lipinski definition) is 0. The van der Waals surface area contributed by atoms with Gasteiger partial charge in [-0.25, -0.2) is 4.89 Å². The van der Waals surface area contributed by atoms with Crippen LogP contribution >= 0.6 is 0 Å². The third-order valence-electron chi connectivity index (χ3n) is 0.236. The fourth-order valence-electron chi connectivity index (χ4n) is 0.118. The summed E-state index contributed by atoms with van der Waals surface area (Å²) in [7, 11) is 0.676. The zero-order valence-corrected chi connectivity index (χ0v) is 5.52. The molecule has 0 atom stereocenters. The molecule has 3 heteroatoms. The highest BCUT2D eigenvalue weighted by atomic mass is 28.2. The van der Waals surface area contributed by atoms with Gasteiger partial charge in [-0.05, 0) is 6.92 Å². The van der Waals surface area contributed by atoms with Crippen LogP contribution in [0.1, 0.15) is 6.92 Å². The zero-order chi connectivity index (χ0) is 4.12. The topological polar surface area (TPSA) is 18.5 Å². The Bertz CT molecular complexity index is 15.1. The minimum absolute atomic E-state index is 0.656. The van der Waals surface area contributed by atoms with Crippen molar-refractivity contribution in [1.29, 1.82) is 0 Å². The molecule has 0 aromatic heterocycles. The monoisotopic (exact) mass is 92.0 g/mol. The van der Waals surface area contributed by atoms with E-state index in [9.17, 15) is 0 Å². The molecule has 0 aliphatic heterocycles. The molecule has 0 saturated carbocycles. The molecule has 0 N–H and O–H groups in total. The summed E-state index contributed by atoms with van der Waals surface area (Å²) in [4.78, 5) is 4.40. The van der Waals surface area contributed by atoms with Crippen molar-refractivity contribution in [3.05, 3.63) is 0 Å². The molecule has 0 bridgehead atoms. The zero-order valence-electron chi connectivity index (χ0n) is 3.52. The van der Waals surface area contributed by atoms with Gasteiger partial charge in [-0.2, -0.15) is 0 Å². The molecule has 0 heterocycles. The Morgan fingerprint density at radius 3 is 2.40 bits per heavy atom. The predicted molar refractivity (Wildman–Crippen MR) is 22.6 cm³/mol. The first kappa shape index (κ1) is 5.14. The third kappa shape index (κ3) is 4.14. The van der Waals surface area contributed by atoms with E-state index in [2.05, 4.69) is 9.46 Å². The Labute approximate surface area is 34.6 Å². The minimum atomic E-state index is 0.656. The molecule has 0 unspecified atom stereocenters. The van der Waals surface area contributed by atoms with Gasteiger partial charge in [-0.3, -0.25) is 4.58 Å². The van der Waals surface area contributed by atoms with Gasteiger partial charge >= 0.3 is 0 Å². The molecule has 2 nitrogen and oxygen atoms in total. The third-order valence-corrected chi connectivity index (χ3v) is 0.471. The minimum Gasteiger partial charge on any atom is -0.298 e. The van der Waals surface area contributed by atoms with Crippen molar-refractivity contribution in [3.8, 4) is 0 Å². The van der Waals surface area contributed by atoms with Gasteiger partial charge in [0.15, 0.2) is 10.5 Å². The van der Waals surface area contributed by atoms with E-state index in [0.29, 0.717) is 17.1 Å². The smallest absolute Gasteiger partial charge is 0.193 e. The highest BCUT2D eigenvalue weighted by Crippen LogP contribution is 1.63. The molecule has 0 rings (SSSR count). The summed E-state index contributed by atoms with van der Waals surface area (Å²) in [6, 6.07) is 0. The Morgan fingerprint density at radius 2 is 2.40 bits per heavy atom. The standard InChI is InChI=1S/C2H8O2Si/c1-2-3-4-5/h2H2,1,5H3. The van der Waals surface area contributed by atoms with Crippen LogP contribution < -0.4 is 0 Å². The predicted octanol–water partition coefficient (Wildman–Crippen LogP) is -0.765. The van der Waals surface area contributed by atoms with E-state index in [0.717, 1.165) is 0 Å². The normalized spacial score (nSPS) is 9.00. The van der Waals surface area contributed by atoms with E-state index in [1.807, 2.05) is 6.92 Å². The van der Waals surface area contributed by atoms with E-state index in [4.69, 9.17) is 0 Å². The fraction of sp³-hybridized carbons (Fsp3) is 1.00. The van der Waals surface area contributed by atoms with Crippen LogP contribution in [0.4, 0.5) is 0 Å². The van der Waals surface area contributed by atoms with Crippen LogP contribution in [0.15, 0.2) is 0 Å². The molecule has 0 saturated heterocycles. The van der Waals surface area contributed by atoms with E-state index in [1.54, 1.807) is 0 Å². The molecule has 0 radical (unpaired) electrons. The second kappa shape index (κ2) is 4.14. The number of hydrogen-bond acceptors (Lipinski definition) is 2. The van der Waals surface area contributed by atoms with Crippen LogP contribution in [0.3, 0.4) is 0 Å². The molecular weight excluding hydrogens is 84.1 g/mol. The van der Waals surface area contributed by atoms with Crippen LogP contribution in [-0.2, 0) is 9.46 Å². The Hall–Kier alpha value is 0.137. The maximum Gasteiger partial charge on any atom is 0.193 e. The molecule has 0 spiro atoms. The summed E-state index contributed by atoms with van der Waals surface area (Å²) < 4.78 is 4.33. The largest absolute Gasteiger partial charge is 0.298 e. The molecule has 0 fully saturated rings. The van der Waals surface area contributed by atoms with Gasteiger partial charge in [-0.15, -0.1) is 0 Å². The van der Waals surface area contributed by atoms with Crippen molar-refractivity contribution in [2.45, 2.75) is 6.92 Å². The van der Waals surface area contributed by atoms with Crippen LogP contribution in [0.2, 0.25) is 0 Å². The molecule has 0 aliphatic rings. The van der Waals surface area contributed by atoms with Gasteiger partial charge in [0.05, 0.1) is 6.61 Å². The second-order valence-electron chi connectivity index (χ2n) is 0.573. The van der Waals surface area contributed by atoms with E-state index in [1.165, 1.54) is 0 Å². The highest BCUT2D eigenvalue weighted by molar-refractivity contribution is 5.97.